The maximum Gasteiger partial charge on any atom is 0.173 e. The number of nitrogens with two attached hydrogens (primary N) is 1. The number of para-hydroxylation sites is 1. The average molecular weight is 334 g/mol. The lowest BCUT2D eigenvalue weighted by Crippen LogP contribution is -2.31. The molecular formula is C19H22N6. The van der Waals surface area contributed by atoms with Gasteiger partial charge in [-0.1, -0.05) is 48.5 Å². The van der Waals surface area contributed by atoms with Gasteiger partial charge in [0, 0.05) is 25.0 Å². The van der Waals surface area contributed by atoms with Gasteiger partial charge in [0.05, 0.1) is 11.7 Å². The Morgan fingerprint density at radius 3 is 2.40 bits per heavy atom. The van der Waals surface area contributed by atoms with Gasteiger partial charge < -0.3 is 5.73 Å². The molecule has 1 fully saturated rings. The van der Waals surface area contributed by atoms with E-state index in [1.165, 1.54) is 5.56 Å². The highest BCUT2D eigenvalue weighted by Crippen LogP contribution is 2.32. The monoisotopic (exact) mass is 334 g/mol. The van der Waals surface area contributed by atoms with Crippen molar-refractivity contribution in [1.29, 1.82) is 0 Å². The molecule has 6 heteroatoms. The van der Waals surface area contributed by atoms with E-state index >= 15 is 0 Å². The van der Waals surface area contributed by atoms with Gasteiger partial charge in [-0.2, -0.15) is 4.68 Å². The summed E-state index contributed by atoms with van der Waals surface area (Å²) in [5.74, 6) is 1.18. The van der Waals surface area contributed by atoms with Gasteiger partial charge in [-0.05, 0) is 35.0 Å². The molecule has 3 aromatic rings. The summed E-state index contributed by atoms with van der Waals surface area (Å²) < 4.78 is 1.81. The third kappa shape index (κ3) is 3.06. The van der Waals surface area contributed by atoms with Gasteiger partial charge in [0.1, 0.15) is 0 Å². The molecule has 0 bridgehead atoms. The van der Waals surface area contributed by atoms with Crippen molar-refractivity contribution >= 4 is 0 Å². The smallest absolute Gasteiger partial charge is 0.173 e. The number of hydrogen-bond acceptors (Lipinski definition) is 5. The predicted octanol–water partition coefficient (Wildman–Crippen LogP) is 2.15. The van der Waals surface area contributed by atoms with E-state index in [-0.39, 0.29) is 12.1 Å². The molecular weight excluding hydrogens is 312 g/mol. The summed E-state index contributed by atoms with van der Waals surface area (Å²) in [7, 11) is 0. The van der Waals surface area contributed by atoms with E-state index in [0.29, 0.717) is 5.92 Å². The third-order valence-electron chi connectivity index (χ3n) is 5.04. The Morgan fingerprint density at radius 2 is 1.68 bits per heavy atom. The molecule has 0 amide bonds. The summed E-state index contributed by atoms with van der Waals surface area (Å²) in [6.07, 6.45) is 0. The minimum Gasteiger partial charge on any atom is -0.326 e. The number of tetrazole rings is 1. The molecule has 6 nitrogen and oxygen atoms in total. The second-order valence-electron chi connectivity index (χ2n) is 6.60. The summed E-state index contributed by atoms with van der Waals surface area (Å²) in [6, 6.07) is 20.7. The van der Waals surface area contributed by atoms with Crippen LogP contribution in [-0.4, -0.2) is 44.2 Å². The zero-order valence-electron chi connectivity index (χ0n) is 14.2. The summed E-state index contributed by atoms with van der Waals surface area (Å²) in [5, 5.41) is 12.3. The van der Waals surface area contributed by atoms with Crippen molar-refractivity contribution in [2.45, 2.75) is 24.9 Å². The van der Waals surface area contributed by atoms with E-state index in [1.807, 2.05) is 41.1 Å². The van der Waals surface area contributed by atoms with E-state index in [0.717, 1.165) is 24.6 Å². The van der Waals surface area contributed by atoms with E-state index < -0.39 is 0 Å². The largest absolute Gasteiger partial charge is 0.326 e. The number of likely N-dealkylation sites (tertiary alicyclic amines) is 1. The molecule has 0 radical (unpaired) electrons. The molecule has 1 saturated heterocycles. The fraction of sp³-hybridized carbons (Fsp3) is 0.316. The molecule has 0 aliphatic carbocycles. The first-order valence-electron chi connectivity index (χ1n) is 8.62. The van der Waals surface area contributed by atoms with Gasteiger partial charge >= 0.3 is 0 Å². The SMILES string of the molecule is CC(c1nnnn1-c1ccccc1)N1C[C@@H](N)[C@H](c2ccccc2)C1. The molecule has 2 aromatic carbocycles. The number of rotatable bonds is 4. The molecule has 0 saturated carbocycles. The van der Waals surface area contributed by atoms with Crippen LogP contribution in [0.25, 0.3) is 5.69 Å². The highest BCUT2D eigenvalue weighted by molar-refractivity contribution is 5.31. The van der Waals surface area contributed by atoms with Crippen molar-refractivity contribution in [2.24, 2.45) is 5.73 Å². The quantitative estimate of drug-likeness (QED) is 0.791. The Balaban J connectivity index is 1.57. The minimum absolute atomic E-state index is 0.0926. The highest BCUT2D eigenvalue weighted by Gasteiger charge is 2.35. The Labute approximate surface area is 147 Å². The van der Waals surface area contributed by atoms with Gasteiger partial charge in [0.2, 0.25) is 0 Å². The van der Waals surface area contributed by atoms with Gasteiger partial charge in [0.25, 0.3) is 0 Å². The molecule has 25 heavy (non-hydrogen) atoms. The molecule has 2 heterocycles. The third-order valence-corrected chi connectivity index (χ3v) is 5.04. The predicted molar refractivity (Wildman–Crippen MR) is 96.3 cm³/mol. The van der Waals surface area contributed by atoms with E-state index in [9.17, 15) is 0 Å². The van der Waals surface area contributed by atoms with E-state index in [4.69, 9.17) is 5.73 Å². The van der Waals surface area contributed by atoms with Crippen LogP contribution >= 0.6 is 0 Å². The number of hydrogen-bond donors (Lipinski definition) is 1. The van der Waals surface area contributed by atoms with Crippen LogP contribution in [0.15, 0.2) is 60.7 Å². The normalized spacial score (nSPS) is 22.2. The maximum atomic E-state index is 6.44. The van der Waals surface area contributed by atoms with Crippen LogP contribution in [0.5, 0.6) is 0 Å². The van der Waals surface area contributed by atoms with E-state index in [2.05, 4.69) is 51.6 Å². The zero-order valence-corrected chi connectivity index (χ0v) is 14.2. The molecule has 2 N–H and O–H groups in total. The maximum absolute atomic E-state index is 6.44. The van der Waals surface area contributed by atoms with Crippen LogP contribution in [0.2, 0.25) is 0 Å². The highest BCUT2D eigenvalue weighted by atomic mass is 15.6. The first-order valence-corrected chi connectivity index (χ1v) is 8.62. The Bertz CT molecular complexity index is 816. The molecule has 1 aromatic heterocycles. The molecule has 1 unspecified atom stereocenters. The standard InChI is InChI=1S/C19H22N6/c1-14(19-21-22-23-25(19)16-10-6-3-7-11-16)24-12-17(18(20)13-24)15-8-4-2-5-9-15/h2-11,14,17-18H,12-13,20H2,1H3/t14?,17-,18+/m0/s1. The van der Waals surface area contributed by atoms with Crippen molar-refractivity contribution in [3.63, 3.8) is 0 Å². The molecule has 0 spiro atoms. The Hall–Kier alpha value is -2.57. The summed E-state index contributed by atoms with van der Waals surface area (Å²) in [4.78, 5) is 2.37. The van der Waals surface area contributed by atoms with Crippen molar-refractivity contribution < 1.29 is 0 Å². The van der Waals surface area contributed by atoms with Crippen LogP contribution in [0.4, 0.5) is 0 Å². The molecule has 4 rings (SSSR count). The summed E-state index contributed by atoms with van der Waals surface area (Å²) in [6.45, 7) is 3.89. The van der Waals surface area contributed by atoms with Crippen molar-refractivity contribution in [1.82, 2.24) is 25.1 Å². The van der Waals surface area contributed by atoms with Crippen LogP contribution in [0.3, 0.4) is 0 Å². The van der Waals surface area contributed by atoms with E-state index in [1.54, 1.807) is 0 Å². The zero-order chi connectivity index (χ0) is 17.2. The first-order chi connectivity index (χ1) is 12.2. The fourth-order valence-corrected chi connectivity index (χ4v) is 3.60. The minimum atomic E-state index is 0.0926. The van der Waals surface area contributed by atoms with Crippen molar-refractivity contribution in [3.8, 4) is 5.69 Å². The van der Waals surface area contributed by atoms with Crippen LogP contribution < -0.4 is 5.73 Å². The lowest BCUT2D eigenvalue weighted by atomic mass is 9.95. The van der Waals surface area contributed by atoms with Gasteiger partial charge in [-0.15, -0.1) is 5.10 Å². The second kappa shape index (κ2) is 6.74. The first kappa shape index (κ1) is 15.9. The van der Waals surface area contributed by atoms with Crippen molar-refractivity contribution in [2.75, 3.05) is 13.1 Å². The topological polar surface area (TPSA) is 72.9 Å². The van der Waals surface area contributed by atoms with Gasteiger partial charge in [0.15, 0.2) is 5.82 Å². The van der Waals surface area contributed by atoms with Crippen molar-refractivity contribution in [3.05, 3.63) is 72.1 Å². The Kier molecular flexibility index (Phi) is 4.29. The number of benzene rings is 2. The van der Waals surface area contributed by atoms with Gasteiger partial charge in [-0.25, -0.2) is 0 Å². The van der Waals surface area contributed by atoms with Crippen LogP contribution in [0, 0.1) is 0 Å². The molecule has 3 atom stereocenters. The van der Waals surface area contributed by atoms with Crippen LogP contribution in [0.1, 0.15) is 30.3 Å². The number of aromatic nitrogens is 4. The number of nitrogens with zero attached hydrogens (tertiary/aromatic N) is 5. The lowest BCUT2D eigenvalue weighted by molar-refractivity contribution is 0.245. The second-order valence-corrected chi connectivity index (χ2v) is 6.60. The average Bonchev–Trinajstić information content (AvgIpc) is 3.29. The molecule has 1 aliphatic heterocycles. The summed E-state index contributed by atoms with van der Waals surface area (Å²) >= 11 is 0. The summed E-state index contributed by atoms with van der Waals surface area (Å²) in [5.41, 5.74) is 8.71. The molecule has 1 aliphatic rings. The lowest BCUT2D eigenvalue weighted by Gasteiger charge is -2.23. The van der Waals surface area contributed by atoms with Crippen LogP contribution in [-0.2, 0) is 0 Å². The Morgan fingerprint density at radius 1 is 1.00 bits per heavy atom. The fourth-order valence-electron chi connectivity index (χ4n) is 3.60. The van der Waals surface area contributed by atoms with Gasteiger partial charge in [-0.3, -0.25) is 4.90 Å². The molecule has 128 valence electrons.